The van der Waals surface area contributed by atoms with Gasteiger partial charge in [0, 0.05) is 25.7 Å². The van der Waals surface area contributed by atoms with Gasteiger partial charge in [0.1, 0.15) is 31.8 Å². The van der Waals surface area contributed by atoms with E-state index < -0.39 is 230 Å². The van der Waals surface area contributed by atoms with E-state index in [9.17, 15) is 86.3 Å². The van der Waals surface area contributed by atoms with Crippen LogP contribution in [0.5, 0.6) is 0 Å². The first-order valence-corrected chi connectivity index (χ1v) is 25.0. The molecule has 0 aromatic carbocycles. The largest absolute Gasteiger partial charge is 0.462 e. The predicted octanol–water partition coefficient (Wildman–Crippen LogP) is -3.06. The average Bonchev–Trinajstić information content (AvgIpc) is 3.58. The van der Waals surface area contributed by atoms with Crippen LogP contribution in [0.2, 0.25) is 0 Å². The number of hydrogen-bond donors (Lipinski definition) is 0. The highest BCUT2D eigenvalue weighted by atomic mass is 16.7. The number of hydrogen-bond acceptors (Lipinski definition) is 36. The van der Waals surface area contributed by atoms with Crippen LogP contribution in [-0.2, 0) is 172 Å². The summed E-state index contributed by atoms with van der Waals surface area (Å²) in [5.74, 6) is -21.7. The second kappa shape index (κ2) is 41.4. The Kier molecular flexibility index (Phi) is 36.8. The Labute approximate surface area is 481 Å². The van der Waals surface area contributed by atoms with Crippen LogP contribution < -0.4 is 0 Å². The van der Waals surface area contributed by atoms with E-state index in [0.717, 1.165) is 27.7 Å². The number of carbonyl (C=O) groups excluding carboxylic acids is 18. The standard InChI is InChI=1S/C49H64O36/c1-9-31(50)68-13-35(54)72-17-39(58)76-21-43(62)84-29(7)47(66)80-25-49(23-78-45(64)27(5)82-41(60)19-74-37(56)15-70-33(52)11-3,24-79-46(65)28(6)83-42(61)20-75-38(57)16-71-34(53)12-4)26-81-48(67)30(8)85-44(63)22-77-40(59)18-73-36(55)14-69-32(51)10-2/h27-30H,9-26H2,1-8H3. The molecular formula is C49H64O36. The van der Waals surface area contributed by atoms with Gasteiger partial charge >= 0.3 is 107 Å². The Hall–Kier alpha value is -9.54. The molecule has 0 spiro atoms. The molecule has 476 valence electrons. The summed E-state index contributed by atoms with van der Waals surface area (Å²) < 4.78 is 86.6. The maximum Gasteiger partial charge on any atom is 0.347 e. The zero-order valence-corrected chi connectivity index (χ0v) is 47.2. The highest BCUT2D eigenvalue weighted by Crippen LogP contribution is 2.23. The summed E-state index contributed by atoms with van der Waals surface area (Å²) in [5, 5.41) is 0. The summed E-state index contributed by atoms with van der Waals surface area (Å²) in [6.45, 7) is -5.50. The van der Waals surface area contributed by atoms with E-state index in [2.05, 4.69) is 47.4 Å². The van der Waals surface area contributed by atoms with Crippen LogP contribution in [-0.4, -0.2) is 224 Å². The van der Waals surface area contributed by atoms with Gasteiger partial charge in [-0.15, -0.1) is 0 Å². The van der Waals surface area contributed by atoms with Crippen molar-refractivity contribution >= 4 is 107 Å². The zero-order valence-electron chi connectivity index (χ0n) is 47.2. The molecule has 0 aliphatic carbocycles. The predicted molar refractivity (Wildman–Crippen MR) is 259 cm³/mol. The average molecular weight is 1230 g/mol. The minimum absolute atomic E-state index is 0.0661. The summed E-state index contributed by atoms with van der Waals surface area (Å²) in [6, 6.07) is 0. The maximum atomic E-state index is 13.3. The molecule has 36 heteroatoms. The third kappa shape index (κ3) is 35.8. The second-order valence-corrected chi connectivity index (χ2v) is 16.5. The fourth-order valence-corrected chi connectivity index (χ4v) is 4.79. The fraction of sp³-hybridized carbons (Fsp3) is 0.633. The number of carbonyl (C=O) groups is 18. The normalized spacial score (nSPS) is 12.4. The molecule has 0 N–H and O–H groups in total. The van der Waals surface area contributed by atoms with Gasteiger partial charge in [-0.05, 0) is 27.7 Å². The van der Waals surface area contributed by atoms with Crippen molar-refractivity contribution in [2.45, 2.75) is 105 Å². The Morgan fingerprint density at radius 2 is 0.365 bits per heavy atom. The first kappa shape index (κ1) is 75.5. The summed E-state index contributed by atoms with van der Waals surface area (Å²) in [7, 11) is 0. The topological polar surface area (TPSA) is 473 Å². The Balaban J connectivity index is 6.64. The van der Waals surface area contributed by atoms with Crippen molar-refractivity contribution in [2.75, 3.05) is 92.5 Å². The second-order valence-electron chi connectivity index (χ2n) is 16.5. The Morgan fingerprint density at radius 1 is 0.224 bits per heavy atom. The molecule has 0 aromatic heterocycles. The summed E-state index contributed by atoms with van der Waals surface area (Å²) in [5.41, 5.74) is -2.38. The van der Waals surface area contributed by atoms with Crippen LogP contribution >= 0.6 is 0 Å². The van der Waals surface area contributed by atoms with Crippen LogP contribution in [0.1, 0.15) is 81.1 Å². The molecule has 0 bridgehead atoms. The minimum Gasteiger partial charge on any atom is -0.462 e. The minimum atomic E-state index is -2.38. The van der Waals surface area contributed by atoms with Gasteiger partial charge in [-0.25, -0.2) is 67.1 Å². The summed E-state index contributed by atoms with van der Waals surface area (Å²) >= 11 is 0. The lowest BCUT2D eigenvalue weighted by Crippen LogP contribution is -2.47. The lowest BCUT2D eigenvalue weighted by Gasteiger charge is -2.32. The molecule has 0 saturated heterocycles. The first-order chi connectivity index (χ1) is 40.0. The lowest BCUT2D eigenvalue weighted by atomic mass is 9.92. The molecule has 85 heavy (non-hydrogen) atoms. The van der Waals surface area contributed by atoms with Gasteiger partial charge in [0.2, 0.25) is 0 Å². The molecule has 0 fully saturated rings. The molecule has 0 amide bonds. The summed E-state index contributed by atoms with van der Waals surface area (Å²) in [4.78, 5) is 220. The van der Waals surface area contributed by atoms with Crippen LogP contribution in [0.3, 0.4) is 0 Å². The lowest BCUT2D eigenvalue weighted by molar-refractivity contribution is -0.189. The quantitative estimate of drug-likeness (QED) is 0.0434. The van der Waals surface area contributed by atoms with Gasteiger partial charge in [-0.3, -0.25) is 19.2 Å². The molecule has 36 nitrogen and oxygen atoms in total. The highest BCUT2D eigenvalue weighted by Gasteiger charge is 2.41. The molecule has 0 aliphatic rings. The number of ether oxygens (including phenoxy) is 18. The van der Waals surface area contributed by atoms with Crippen LogP contribution in [0.25, 0.3) is 0 Å². The number of esters is 18. The van der Waals surface area contributed by atoms with Crippen molar-refractivity contribution in [3.05, 3.63) is 0 Å². The van der Waals surface area contributed by atoms with Crippen molar-refractivity contribution in [1.82, 2.24) is 0 Å². The number of rotatable bonds is 40. The van der Waals surface area contributed by atoms with E-state index in [0.29, 0.717) is 0 Å². The molecule has 0 radical (unpaired) electrons. The van der Waals surface area contributed by atoms with E-state index in [1.165, 1.54) is 27.7 Å². The van der Waals surface area contributed by atoms with Gasteiger partial charge < -0.3 is 85.3 Å². The third-order valence-corrected chi connectivity index (χ3v) is 9.31. The van der Waals surface area contributed by atoms with Gasteiger partial charge in [0.15, 0.2) is 90.5 Å². The maximum absolute atomic E-state index is 13.3. The molecule has 4 atom stereocenters. The van der Waals surface area contributed by atoms with Crippen molar-refractivity contribution in [2.24, 2.45) is 5.41 Å². The molecule has 0 aromatic rings. The fourth-order valence-electron chi connectivity index (χ4n) is 4.79. The van der Waals surface area contributed by atoms with Gasteiger partial charge in [-0.1, -0.05) is 27.7 Å². The monoisotopic (exact) mass is 1230 g/mol. The smallest absolute Gasteiger partial charge is 0.347 e. The molecule has 0 rings (SSSR count). The van der Waals surface area contributed by atoms with Crippen LogP contribution in [0.4, 0.5) is 0 Å². The van der Waals surface area contributed by atoms with Crippen molar-refractivity contribution < 1.29 is 172 Å². The van der Waals surface area contributed by atoms with Gasteiger partial charge in [0.25, 0.3) is 0 Å². The van der Waals surface area contributed by atoms with Crippen LogP contribution in [0, 0.1) is 5.41 Å². The van der Waals surface area contributed by atoms with Crippen molar-refractivity contribution in [3.8, 4) is 0 Å². The van der Waals surface area contributed by atoms with Gasteiger partial charge in [-0.2, -0.15) is 0 Å². The summed E-state index contributed by atoms with van der Waals surface area (Å²) in [6.07, 6.45) is -7.94. The van der Waals surface area contributed by atoms with Crippen molar-refractivity contribution in [3.63, 3.8) is 0 Å². The molecule has 0 heterocycles. The van der Waals surface area contributed by atoms with E-state index in [1.807, 2.05) is 0 Å². The first-order valence-electron chi connectivity index (χ1n) is 25.0. The van der Waals surface area contributed by atoms with Crippen LogP contribution in [0.15, 0.2) is 0 Å². The molecule has 4 unspecified atom stereocenters. The third-order valence-electron chi connectivity index (χ3n) is 9.31. The van der Waals surface area contributed by atoms with E-state index in [4.69, 9.17) is 37.9 Å². The highest BCUT2D eigenvalue weighted by molar-refractivity contribution is 5.86. The van der Waals surface area contributed by atoms with E-state index in [1.54, 1.807) is 0 Å². The molecule has 0 aliphatic heterocycles. The zero-order chi connectivity index (χ0) is 64.7. The molecular weight excluding hydrogens is 1160 g/mol. The molecule has 0 saturated carbocycles. The SMILES string of the molecule is CCC(=O)OCC(=O)OCC(=O)OCC(=O)OC(C)C(=O)OCC(COC(=O)C(C)OC(=O)COC(=O)COC(=O)CC)(COC(=O)C(C)OC(=O)COC(=O)COC(=O)CC)COC(=O)C(C)OC(=O)COC(=O)COC(=O)COC(=O)CC. The Morgan fingerprint density at radius 3 is 0.518 bits per heavy atom. The van der Waals surface area contributed by atoms with E-state index >= 15 is 0 Å². The van der Waals surface area contributed by atoms with Gasteiger partial charge in [0.05, 0.1) is 0 Å². The Bertz CT molecular complexity index is 2230. The van der Waals surface area contributed by atoms with E-state index in [-0.39, 0.29) is 25.7 Å². The van der Waals surface area contributed by atoms with Crippen molar-refractivity contribution in [1.29, 1.82) is 0 Å².